The summed E-state index contributed by atoms with van der Waals surface area (Å²) < 4.78 is 26.2. The van der Waals surface area contributed by atoms with Crippen molar-refractivity contribution in [1.29, 1.82) is 0 Å². The zero-order valence-corrected chi connectivity index (χ0v) is 9.27. The average molecular weight is 251 g/mol. The van der Waals surface area contributed by atoms with Crippen molar-refractivity contribution in [3.8, 4) is 0 Å². The summed E-state index contributed by atoms with van der Waals surface area (Å²) in [6, 6.07) is -1.27. The van der Waals surface area contributed by atoms with Crippen molar-refractivity contribution < 1.29 is 28.7 Å². The number of hydrogen-bond acceptors (Lipinski definition) is 4. The van der Waals surface area contributed by atoms with Gasteiger partial charge in [-0.3, -0.25) is 4.79 Å². The quantitative estimate of drug-likeness (QED) is 0.496. The van der Waals surface area contributed by atoms with Gasteiger partial charge >= 0.3 is 13.1 Å². The first kappa shape index (κ1) is 14.3. The fourth-order valence-electron chi connectivity index (χ4n) is 2.36. The molecule has 0 spiro atoms. The lowest BCUT2D eigenvalue weighted by Crippen LogP contribution is -2.47. The number of rotatable bonds is 6. The number of carboxylic acids is 1. The monoisotopic (exact) mass is 251 g/mol. The molecule has 98 valence electrons. The van der Waals surface area contributed by atoms with Gasteiger partial charge < -0.3 is 20.5 Å². The lowest BCUT2D eigenvalue weighted by molar-refractivity contribution is -0.146. The predicted molar refractivity (Wildman–Crippen MR) is 56.7 cm³/mol. The topological polar surface area (TPSA) is 89.8 Å². The largest absolute Gasteiger partial charge is 0.480 e. The molecule has 0 saturated carbocycles. The third-order valence-corrected chi connectivity index (χ3v) is 3.30. The highest BCUT2D eigenvalue weighted by atomic mass is 19.3. The normalized spacial score (nSPS) is 28.6. The van der Waals surface area contributed by atoms with Gasteiger partial charge in [0.2, 0.25) is 6.43 Å². The number of hydrogen-bond donors (Lipinski definition) is 4. The second kappa shape index (κ2) is 5.75. The molecule has 17 heavy (non-hydrogen) atoms. The van der Waals surface area contributed by atoms with Crippen molar-refractivity contribution >= 4 is 13.1 Å². The van der Waals surface area contributed by atoms with Gasteiger partial charge in [-0.2, -0.15) is 0 Å². The van der Waals surface area contributed by atoms with Crippen LogP contribution in [0.1, 0.15) is 19.3 Å². The van der Waals surface area contributed by atoms with Gasteiger partial charge in [-0.15, -0.1) is 0 Å². The van der Waals surface area contributed by atoms with E-state index in [0.717, 1.165) is 0 Å². The number of nitrogens with one attached hydrogen (secondary N) is 1. The van der Waals surface area contributed by atoms with E-state index in [-0.39, 0.29) is 32.1 Å². The smallest absolute Gasteiger partial charge is 0.451 e. The molecule has 1 saturated heterocycles. The van der Waals surface area contributed by atoms with Crippen molar-refractivity contribution in [2.24, 2.45) is 5.41 Å². The van der Waals surface area contributed by atoms with Crippen LogP contribution in [-0.4, -0.2) is 47.3 Å². The molecule has 0 bridgehead atoms. The first-order valence-corrected chi connectivity index (χ1v) is 5.50. The number of alkyl halides is 2. The summed E-state index contributed by atoms with van der Waals surface area (Å²) in [5.74, 6) is -1.28. The molecule has 4 N–H and O–H groups in total. The SMILES string of the molecule is O=C(O)C1NCCC1(CCCB(O)O)C(F)F. The zero-order chi connectivity index (χ0) is 13.1. The summed E-state index contributed by atoms with van der Waals surface area (Å²) in [5.41, 5.74) is -1.60. The van der Waals surface area contributed by atoms with Gasteiger partial charge in [0, 0.05) is 0 Å². The van der Waals surface area contributed by atoms with E-state index in [1.807, 2.05) is 0 Å². The minimum absolute atomic E-state index is 0.0270. The number of aliphatic carboxylic acids is 1. The average Bonchev–Trinajstić information content (AvgIpc) is 2.62. The highest BCUT2D eigenvalue weighted by Gasteiger charge is 2.52. The van der Waals surface area contributed by atoms with E-state index in [1.54, 1.807) is 0 Å². The van der Waals surface area contributed by atoms with Gasteiger partial charge in [0.25, 0.3) is 0 Å². The molecule has 5 nitrogen and oxygen atoms in total. The van der Waals surface area contributed by atoms with Gasteiger partial charge in [0.05, 0.1) is 5.41 Å². The second-order valence-electron chi connectivity index (χ2n) is 4.38. The zero-order valence-electron chi connectivity index (χ0n) is 9.27. The van der Waals surface area contributed by atoms with Crippen LogP contribution < -0.4 is 5.32 Å². The van der Waals surface area contributed by atoms with Crippen LogP contribution in [0.4, 0.5) is 8.78 Å². The van der Waals surface area contributed by atoms with E-state index in [2.05, 4.69) is 5.32 Å². The van der Waals surface area contributed by atoms with Crippen molar-refractivity contribution in [3.63, 3.8) is 0 Å². The van der Waals surface area contributed by atoms with Crippen LogP contribution in [0.25, 0.3) is 0 Å². The molecule has 2 atom stereocenters. The Morgan fingerprint density at radius 3 is 2.65 bits per heavy atom. The Labute approximate surface area is 98.0 Å². The van der Waals surface area contributed by atoms with Gasteiger partial charge in [-0.25, -0.2) is 8.78 Å². The van der Waals surface area contributed by atoms with E-state index < -0.39 is 31.0 Å². The summed E-state index contributed by atoms with van der Waals surface area (Å²) in [5, 5.41) is 28.8. The molecule has 0 aromatic rings. The number of halogens is 2. The maximum absolute atomic E-state index is 13.1. The van der Waals surface area contributed by atoms with Gasteiger partial charge in [-0.1, -0.05) is 6.42 Å². The third-order valence-electron chi connectivity index (χ3n) is 3.30. The van der Waals surface area contributed by atoms with Gasteiger partial charge in [0.15, 0.2) is 0 Å². The fraction of sp³-hybridized carbons (Fsp3) is 0.889. The molecule has 0 amide bonds. The molecule has 1 fully saturated rings. The third kappa shape index (κ3) is 3.14. The lowest BCUT2D eigenvalue weighted by atomic mass is 9.73. The van der Waals surface area contributed by atoms with Gasteiger partial charge in [0.1, 0.15) is 6.04 Å². The van der Waals surface area contributed by atoms with Crippen LogP contribution in [0.15, 0.2) is 0 Å². The first-order chi connectivity index (χ1) is 7.90. The maximum atomic E-state index is 13.1. The van der Waals surface area contributed by atoms with Crippen LogP contribution in [0.2, 0.25) is 6.32 Å². The fourth-order valence-corrected chi connectivity index (χ4v) is 2.36. The molecule has 0 radical (unpaired) electrons. The van der Waals surface area contributed by atoms with E-state index >= 15 is 0 Å². The predicted octanol–water partition coefficient (Wildman–Crippen LogP) is -0.0626. The molecule has 0 aromatic carbocycles. The van der Waals surface area contributed by atoms with Crippen molar-refractivity contribution in [1.82, 2.24) is 5.32 Å². The summed E-state index contributed by atoms with van der Waals surface area (Å²) in [6.07, 6.45) is -2.56. The number of carboxylic acid groups (broad SMARTS) is 1. The van der Waals surface area contributed by atoms with E-state index in [1.165, 1.54) is 0 Å². The van der Waals surface area contributed by atoms with Crippen LogP contribution in [0, 0.1) is 5.41 Å². The van der Waals surface area contributed by atoms with E-state index in [0.29, 0.717) is 0 Å². The minimum atomic E-state index is -2.74. The molecular weight excluding hydrogens is 235 g/mol. The summed E-state index contributed by atoms with van der Waals surface area (Å²) >= 11 is 0. The van der Waals surface area contributed by atoms with Crippen LogP contribution in [0.3, 0.4) is 0 Å². The van der Waals surface area contributed by atoms with Crippen molar-refractivity contribution in [2.45, 2.75) is 38.0 Å². The molecule has 1 heterocycles. The maximum Gasteiger partial charge on any atom is 0.451 e. The Kier molecular flexibility index (Phi) is 4.85. The molecular formula is C9H16BF2NO4. The summed E-state index contributed by atoms with van der Waals surface area (Å²) in [4.78, 5) is 10.9. The Morgan fingerprint density at radius 1 is 1.53 bits per heavy atom. The standard InChI is InChI=1S/C9H16BF2NO4/c11-8(12)9(2-1-4-10(16)17)3-5-13-6(9)7(14)15/h6,8,13,16-17H,1-5H2,(H,14,15). The van der Waals surface area contributed by atoms with E-state index in [4.69, 9.17) is 15.2 Å². The Bertz CT molecular complexity index is 280. The molecule has 1 aliphatic heterocycles. The molecule has 8 heteroatoms. The Morgan fingerprint density at radius 2 is 2.18 bits per heavy atom. The molecule has 0 aliphatic carbocycles. The molecule has 0 aromatic heterocycles. The van der Waals surface area contributed by atoms with Crippen molar-refractivity contribution in [3.05, 3.63) is 0 Å². The highest BCUT2D eigenvalue weighted by Crippen LogP contribution is 2.42. The van der Waals surface area contributed by atoms with Crippen LogP contribution in [-0.2, 0) is 4.79 Å². The Balaban J connectivity index is 2.71. The van der Waals surface area contributed by atoms with Gasteiger partial charge in [-0.05, 0) is 25.7 Å². The first-order valence-electron chi connectivity index (χ1n) is 5.50. The molecule has 1 aliphatic rings. The molecule has 1 rings (SSSR count). The number of carbonyl (C=O) groups is 1. The minimum Gasteiger partial charge on any atom is -0.480 e. The van der Waals surface area contributed by atoms with Crippen LogP contribution in [0.5, 0.6) is 0 Å². The van der Waals surface area contributed by atoms with Crippen LogP contribution >= 0.6 is 0 Å². The summed E-state index contributed by atoms with van der Waals surface area (Å²) in [6.45, 7) is 0.239. The lowest BCUT2D eigenvalue weighted by Gasteiger charge is -2.31. The Hall–Kier alpha value is -0.725. The second-order valence-corrected chi connectivity index (χ2v) is 4.38. The summed E-state index contributed by atoms with van der Waals surface area (Å²) in [7, 11) is -1.54. The molecule has 2 unspecified atom stereocenters. The van der Waals surface area contributed by atoms with E-state index in [9.17, 15) is 13.6 Å². The highest BCUT2D eigenvalue weighted by molar-refractivity contribution is 6.40. The van der Waals surface area contributed by atoms with Crippen molar-refractivity contribution in [2.75, 3.05) is 6.54 Å².